The number of halogens is 1. The van der Waals surface area contributed by atoms with Crippen molar-refractivity contribution in [3.8, 4) is 0 Å². The van der Waals surface area contributed by atoms with Gasteiger partial charge in [0.1, 0.15) is 11.5 Å². The number of carbonyl (C=O) groups is 2. The average molecular weight is 356 g/mol. The summed E-state index contributed by atoms with van der Waals surface area (Å²) in [6.45, 7) is 7.88. The van der Waals surface area contributed by atoms with E-state index in [2.05, 4.69) is 5.32 Å². The molecule has 0 radical (unpaired) electrons. The first-order valence-electron chi connectivity index (χ1n) is 8.42. The first-order valence-corrected chi connectivity index (χ1v) is 8.42. The number of rotatable bonds is 2. The van der Waals surface area contributed by atoms with Gasteiger partial charge < -0.3 is 19.5 Å². The predicted octanol–water partition coefficient (Wildman–Crippen LogP) is 1.60. The second-order valence-corrected chi connectivity index (χ2v) is 6.49. The molecule has 1 aromatic heterocycles. The van der Waals surface area contributed by atoms with Gasteiger partial charge in [-0.3, -0.25) is 9.59 Å². The molecule has 2 aliphatic heterocycles. The van der Waals surface area contributed by atoms with Crippen molar-refractivity contribution in [2.24, 2.45) is 5.92 Å². The Labute approximate surface area is 149 Å². The minimum absolute atomic E-state index is 0. The number of carbonyl (C=O) groups excluding carboxylic acids is 2. The topological polar surface area (TPSA) is 65.8 Å². The number of nitrogens with zero attached hydrogens (tertiary/aromatic N) is 2. The van der Waals surface area contributed by atoms with Crippen LogP contribution >= 0.6 is 12.4 Å². The van der Waals surface area contributed by atoms with Crippen LogP contribution < -0.4 is 5.32 Å². The highest BCUT2D eigenvalue weighted by atomic mass is 35.5. The second kappa shape index (κ2) is 8.03. The van der Waals surface area contributed by atoms with Gasteiger partial charge in [-0.2, -0.15) is 0 Å². The Balaban J connectivity index is 0.00000208. The molecule has 3 rings (SSSR count). The number of piperazine rings is 1. The zero-order valence-corrected chi connectivity index (χ0v) is 15.2. The lowest BCUT2D eigenvalue weighted by Gasteiger charge is -2.37. The van der Waals surface area contributed by atoms with Gasteiger partial charge in [0.2, 0.25) is 5.91 Å². The number of hydrogen-bond donors (Lipinski definition) is 1. The molecule has 0 aliphatic carbocycles. The molecule has 2 aliphatic rings. The molecular weight excluding hydrogens is 330 g/mol. The lowest BCUT2D eigenvalue weighted by atomic mass is 9.98. The smallest absolute Gasteiger partial charge is 0.257 e. The van der Waals surface area contributed by atoms with Crippen LogP contribution in [0.3, 0.4) is 0 Å². The van der Waals surface area contributed by atoms with Crippen molar-refractivity contribution in [1.82, 2.24) is 15.1 Å². The van der Waals surface area contributed by atoms with E-state index >= 15 is 0 Å². The van der Waals surface area contributed by atoms with Gasteiger partial charge in [0, 0.05) is 32.7 Å². The highest BCUT2D eigenvalue weighted by Gasteiger charge is 2.30. The summed E-state index contributed by atoms with van der Waals surface area (Å²) in [5.41, 5.74) is 0.638. The van der Waals surface area contributed by atoms with Gasteiger partial charge in [0.25, 0.3) is 5.91 Å². The highest BCUT2D eigenvalue weighted by Crippen LogP contribution is 2.19. The van der Waals surface area contributed by atoms with E-state index in [1.54, 1.807) is 6.07 Å². The number of aryl methyl sites for hydroxylation is 2. The van der Waals surface area contributed by atoms with Crippen molar-refractivity contribution in [1.29, 1.82) is 0 Å². The van der Waals surface area contributed by atoms with Crippen molar-refractivity contribution >= 4 is 24.2 Å². The average Bonchev–Trinajstić information content (AvgIpc) is 2.93. The summed E-state index contributed by atoms with van der Waals surface area (Å²) in [7, 11) is 0. The largest absolute Gasteiger partial charge is 0.466 e. The fourth-order valence-electron chi connectivity index (χ4n) is 3.46. The molecule has 2 fully saturated rings. The highest BCUT2D eigenvalue weighted by molar-refractivity contribution is 5.95. The summed E-state index contributed by atoms with van der Waals surface area (Å²) < 4.78 is 5.45. The quantitative estimate of drug-likeness (QED) is 0.875. The van der Waals surface area contributed by atoms with Crippen LogP contribution in [0, 0.1) is 19.8 Å². The lowest BCUT2D eigenvalue weighted by Crippen LogP contribution is -2.53. The number of hydrogen-bond acceptors (Lipinski definition) is 4. The molecule has 1 atom stereocenters. The van der Waals surface area contributed by atoms with Gasteiger partial charge >= 0.3 is 0 Å². The van der Waals surface area contributed by atoms with Crippen LogP contribution in [-0.4, -0.2) is 60.9 Å². The Morgan fingerprint density at radius 1 is 1.17 bits per heavy atom. The lowest BCUT2D eigenvalue weighted by molar-refractivity contribution is -0.137. The fraction of sp³-hybridized carbons (Fsp3) is 0.647. The SMILES string of the molecule is Cc1cc(C(=O)N2CCN(C(=O)C3CCCNC3)CC2)c(C)o1.Cl. The van der Waals surface area contributed by atoms with Gasteiger partial charge in [-0.1, -0.05) is 0 Å². The molecule has 1 unspecified atom stereocenters. The van der Waals surface area contributed by atoms with Crippen molar-refractivity contribution in [3.05, 3.63) is 23.2 Å². The molecule has 7 heteroatoms. The van der Waals surface area contributed by atoms with E-state index in [1.807, 2.05) is 23.6 Å². The van der Waals surface area contributed by atoms with Crippen LogP contribution in [0.1, 0.15) is 34.7 Å². The second-order valence-electron chi connectivity index (χ2n) is 6.49. The molecule has 2 amide bonds. The summed E-state index contributed by atoms with van der Waals surface area (Å²) in [5, 5.41) is 3.29. The molecule has 0 saturated carbocycles. The summed E-state index contributed by atoms with van der Waals surface area (Å²) in [4.78, 5) is 28.8. The maximum absolute atomic E-state index is 12.6. The maximum atomic E-state index is 12.6. The van der Waals surface area contributed by atoms with E-state index in [4.69, 9.17) is 4.42 Å². The van der Waals surface area contributed by atoms with E-state index in [9.17, 15) is 9.59 Å². The van der Waals surface area contributed by atoms with Crippen molar-refractivity contribution in [2.45, 2.75) is 26.7 Å². The van der Waals surface area contributed by atoms with Crippen molar-refractivity contribution in [2.75, 3.05) is 39.3 Å². The first-order chi connectivity index (χ1) is 11.1. The van der Waals surface area contributed by atoms with Crippen LogP contribution in [0.25, 0.3) is 0 Å². The Morgan fingerprint density at radius 3 is 2.38 bits per heavy atom. The third kappa shape index (κ3) is 3.92. The molecule has 3 heterocycles. The summed E-state index contributed by atoms with van der Waals surface area (Å²) in [6.07, 6.45) is 2.03. The number of nitrogens with one attached hydrogen (secondary N) is 1. The molecule has 1 aromatic rings. The normalized spacial score (nSPS) is 21.3. The molecule has 0 spiro atoms. The zero-order chi connectivity index (χ0) is 16.4. The van der Waals surface area contributed by atoms with E-state index in [0.717, 1.165) is 31.7 Å². The summed E-state index contributed by atoms with van der Waals surface area (Å²) in [6, 6.07) is 1.79. The molecule has 24 heavy (non-hydrogen) atoms. The molecule has 134 valence electrons. The molecule has 0 bridgehead atoms. The minimum Gasteiger partial charge on any atom is -0.466 e. The molecular formula is C17H26ClN3O3. The van der Waals surface area contributed by atoms with E-state index in [-0.39, 0.29) is 30.1 Å². The molecule has 6 nitrogen and oxygen atoms in total. The third-order valence-corrected chi connectivity index (χ3v) is 4.80. The van der Waals surface area contributed by atoms with Crippen LogP contribution in [-0.2, 0) is 4.79 Å². The van der Waals surface area contributed by atoms with Crippen LogP contribution in [0.2, 0.25) is 0 Å². The Hall–Kier alpha value is -1.53. The van der Waals surface area contributed by atoms with Crippen molar-refractivity contribution in [3.63, 3.8) is 0 Å². The van der Waals surface area contributed by atoms with Gasteiger partial charge in [-0.05, 0) is 39.3 Å². The predicted molar refractivity (Wildman–Crippen MR) is 93.5 cm³/mol. The van der Waals surface area contributed by atoms with Gasteiger partial charge in [-0.15, -0.1) is 12.4 Å². The Bertz CT molecular complexity index is 588. The van der Waals surface area contributed by atoms with Gasteiger partial charge in [0.05, 0.1) is 11.5 Å². The van der Waals surface area contributed by atoms with Crippen LogP contribution in [0.5, 0.6) is 0 Å². The van der Waals surface area contributed by atoms with Crippen LogP contribution in [0.15, 0.2) is 10.5 Å². The molecule has 0 aromatic carbocycles. The van der Waals surface area contributed by atoms with E-state index in [1.165, 1.54) is 0 Å². The van der Waals surface area contributed by atoms with Crippen LogP contribution in [0.4, 0.5) is 0 Å². The van der Waals surface area contributed by atoms with E-state index < -0.39 is 0 Å². The Morgan fingerprint density at radius 2 is 1.83 bits per heavy atom. The molecule has 2 saturated heterocycles. The number of furan rings is 1. The zero-order valence-electron chi connectivity index (χ0n) is 14.3. The monoisotopic (exact) mass is 355 g/mol. The fourth-order valence-corrected chi connectivity index (χ4v) is 3.46. The number of piperidine rings is 1. The van der Waals surface area contributed by atoms with E-state index in [0.29, 0.717) is 37.5 Å². The van der Waals surface area contributed by atoms with Gasteiger partial charge in [-0.25, -0.2) is 0 Å². The molecule has 1 N–H and O–H groups in total. The standard InChI is InChI=1S/C17H25N3O3.ClH/c1-12-10-15(13(2)23-12)17(22)20-8-6-19(7-9-20)16(21)14-4-3-5-18-11-14;/h10,14,18H,3-9,11H2,1-2H3;1H. The summed E-state index contributed by atoms with van der Waals surface area (Å²) >= 11 is 0. The first kappa shape index (κ1) is 18.8. The summed E-state index contributed by atoms with van der Waals surface area (Å²) in [5.74, 6) is 1.76. The third-order valence-electron chi connectivity index (χ3n) is 4.80. The minimum atomic E-state index is 0. The van der Waals surface area contributed by atoms with Gasteiger partial charge in [0.15, 0.2) is 0 Å². The maximum Gasteiger partial charge on any atom is 0.257 e. The van der Waals surface area contributed by atoms with Crippen molar-refractivity contribution < 1.29 is 14.0 Å². The Kier molecular flexibility index (Phi) is 6.29. The number of amides is 2.